The lowest BCUT2D eigenvalue weighted by Gasteiger charge is -2.25. The number of aromatic nitrogens is 2. The summed E-state index contributed by atoms with van der Waals surface area (Å²) in [6.07, 6.45) is 0.155. The summed E-state index contributed by atoms with van der Waals surface area (Å²) in [6, 6.07) is 3.50. The molecule has 1 aromatic heterocycles. The molecule has 2 heterocycles. The standard InChI is InChI=1S/C19H21Cl2N3O4/c1-9-17(21)10(2)24(23-9)18-12-5-6-22-8-14(11(12)3-4-15(18)20)13(19(27)28)7-16(25)26/h3-4,13-14,22H,5-8H2,1-2H3,(H,25,26)(H,27,28). The van der Waals surface area contributed by atoms with Gasteiger partial charge in [0.25, 0.3) is 0 Å². The van der Waals surface area contributed by atoms with Crippen LogP contribution in [0.15, 0.2) is 12.1 Å². The smallest absolute Gasteiger partial charge is 0.307 e. The van der Waals surface area contributed by atoms with Gasteiger partial charge in [0.15, 0.2) is 0 Å². The molecule has 0 saturated carbocycles. The van der Waals surface area contributed by atoms with Crippen molar-refractivity contribution in [1.82, 2.24) is 15.1 Å². The van der Waals surface area contributed by atoms with Crippen molar-refractivity contribution < 1.29 is 19.8 Å². The van der Waals surface area contributed by atoms with Crippen LogP contribution in [0.4, 0.5) is 0 Å². The summed E-state index contributed by atoms with van der Waals surface area (Å²) >= 11 is 12.8. The van der Waals surface area contributed by atoms with Crippen LogP contribution in [0.5, 0.6) is 0 Å². The molecule has 2 aromatic rings. The lowest BCUT2D eigenvalue weighted by molar-refractivity contribution is -0.149. The molecular weight excluding hydrogens is 405 g/mol. The van der Waals surface area contributed by atoms with Crippen molar-refractivity contribution in [2.24, 2.45) is 5.92 Å². The van der Waals surface area contributed by atoms with E-state index in [1.807, 2.05) is 6.92 Å². The van der Waals surface area contributed by atoms with Crippen molar-refractivity contribution >= 4 is 35.1 Å². The van der Waals surface area contributed by atoms with E-state index < -0.39 is 30.2 Å². The van der Waals surface area contributed by atoms with Crippen molar-refractivity contribution in [2.75, 3.05) is 13.1 Å². The molecule has 0 aliphatic carbocycles. The highest BCUT2D eigenvalue weighted by molar-refractivity contribution is 6.33. The second kappa shape index (κ2) is 8.11. The molecule has 7 nitrogen and oxygen atoms in total. The first-order valence-electron chi connectivity index (χ1n) is 8.91. The van der Waals surface area contributed by atoms with Crippen molar-refractivity contribution in [3.63, 3.8) is 0 Å². The number of halogens is 2. The fourth-order valence-electron chi connectivity index (χ4n) is 3.83. The topological polar surface area (TPSA) is 104 Å². The van der Waals surface area contributed by atoms with Gasteiger partial charge in [-0.3, -0.25) is 9.59 Å². The number of nitrogens with zero attached hydrogens (tertiary/aromatic N) is 2. The summed E-state index contributed by atoms with van der Waals surface area (Å²) in [6.45, 7) is 4.63. The maximum Gasteiger partial charge on any atom is 0.307 e. The fraction of sp³-hybridized carbons (Fsp3) is 0.421. The van der Waals surface area contributed by atoms with Crippen molar-refractivity contribution in [2.45, 2.75) is 32.6 Å². The Balaban J connectivity index is 2.20. The molecule has 3 N–H and O–H groups in total. The number of aliphatic carboxylic acids is 2. The number of aryl methyl sites for hydroxylation is 1. The largest absolute Gasteiger partial charge is 0.481 e. The van der Waals surface area contributed by atoms with Crippen molar-refractivity contribution in [3.05, 3.63) is 44.7 Å². The first-order chi connectivity index (χ1) is 13.2. The predicted octanol–water partition coefficient (Wildman–Crippen LogP) is 3.20. The fourth-order valence-corrected chi connectivity index (χ4v) is 4.21. The highest BCUT2D eigenvalue weighted by atomic mass is 35.5. The summed E-state index contributed by atoms with van der Waals surface area (Å²) in [7, 11) is 0. The van der Waals surface area contributed by atoms with Crippen LogP contribution in [-0.2, 0) is 16.0 Å². The van der Waals surface area contributed by atoms with E-state index in [2.05, 4.69) is 10.4 Å². The average Bonchev–Trinajstić information content (AvgIpc) is 2.79. The van der Waals surface area contributed by atoms with E-state index in [4.69, 9.17) is 23.2 Å². The van der Waals surface area contributed by atoms with Crippen LogP contribution >= 0.6 is 23.2 Å². The number of benzene rings is 1. The minimum atomic E-state index is -1.14. The first-order valence-corrected chi connectivity index (χ1v) is 9.66. The minimum absolute atomic E-state index is 0.371. The highest BCUT2D eigenvalue weighted by Crippen LogP contribution is 2.38. The van der Waals surface area contributed by atoms with E-state index in [0.29, 0.717) is 40.9 Å². The van der Waals surface area contributed by atoms with Gasteiger partial charge >= 0.3 is 11.9 Å². The van der Waals surface area contributed by atoms with Gasteiger partial charge in [-0.1, -0.05) is 29.3 Å². The van der Waals surface area contributed by atoms with Crippen molar-refractivity contribution in [1.29, 1.82) is 0 Å². The monoisotopic (exact) mass is 425 g/mol. The molecule has 150 valence electrons. The number of hydrogen-bond acceptors (Lipinski definition) is 4. The Morgan fingerprint density at radius 3 is 2.61 bits per heavy atom. The Morgan fingerprint density at radius 1 is 1.32 bits per heavy atom. The number of nitrogens with one attached hydrogen (secondary N) is 1. The van der Waals surface area contributed by atoms with Crippen LogP contribution in [0.3, 0.4) is 0 Å². The lowest BCUT2D eigenvalue weighted by Crippen LogP contribution is -2.31. The van der Waals surface area contributed by atoms with Gasteiger partial charge in [0.05, 0.1) is 39.5 Å². The van der Waals surface area contributed by atoms with E-state index in [9.17, 15) is 19.8 Å². The molecule has 1 aliphatic heterocycles. The number of fused-ring (bicyclic) bond motifs is 1. The second-order valence-electron chi connectivity index (χ2n) is 6.96. The normalized spacial score (nSPS) is 17.6. The Bertz CT molecular complexity index is 942. The highest BCUT2D eigenvalue weighted by Gasteiger charge is 2.35. The average molecular weight is 426 g/mol. The molecule has 0 spiro atoms. The molecular formula is C19H21Cl2N3O4. The zero-order valence-electron chi connectivity index (χ0n) is 15.5. The van der Waals surface area contributed by atoms with Gasteiger partial charge in [-0.15, -0.1) is 0 Å². The summed E-state index contributed by atoms with van der Waals surface area (Å²) < 4.78 is 1.69. The van der Waals surface area contributed by atoms with Crippen LogP contribution in [0.2, 0.25) is 10.0 Å². The summed E-state index contributed by atoms with van der Waals surface area (Å²) in [5.41, 5.74) is 3.72. The summed E-state index contributed by atoms with van der Waals surface area (Å²) in [5, 5.41) is 27.6. The van der Waals surface area contributed by atoms with Gasteiger partial charge in [-0.2, -0.15) is 5.10 Å². The molecule has 0 amide bonds. The molecule has 1 aliphatic rings. The molecule has 28 heavy (non-hydrogen) atoms. The number of carboxylic acids is 2. The van der Waals surface area contributed by atoms with Crippen LogP contribution in [0.25, 0.3) is 5.69 Å². The SMILES string of the molecule is Cc1nn(-c2c(Cl)ccc3c2CCNCC3C(CC(=O)O)C(=O)O)c(C)c1Cl. The van der Waals surface area contributed by atoms with E-state index in [0.717, 1.165) is 16.8 Å². The zero-order chi connectivity index (χ0) is 20.6. The molecule has 3 rings (SSSR count). The van der Waals surface area contributed by atoms with Crippen LogP contribution < -0.4 is 5.32 Å². The van der Waals surface area contributed by atoms with Crippen molar-refractivity contribution in [3.8, 4) is 5.69 Å². The predicted molar refractivity (Wildman–Crippen MR) is 106 cm³/mol. The number of carboxylic acid groups (broad SMARTS) is 2. The summed E-state index contributed by atoms with van der Waals surface area (Å²) in [4.78, 5) is 23.1. The molecule has 0 bridgehead atoms. The molecule has 1 aromatic carbocycles. The molecule has 0 saturated heterocycles. The van der Waals surface area contributed by atoms with Gasteiger partial charge < -0.3 is 15.5 Å². The van der Waals surface area contributed by atoms with Gasteiger partial charge in [0.2, 0.25) is 0 Å². The number of carbonyl (C=O) groups is 2. The molecule has 9 heteroatoms. The van der Waals surface area contributed by atoms with Gasteiger partial charge in [-0.25, -0.2) is 4.68 Å². The molecule has 0 radical (unpaired) electrons. The molecule has 2 unspecified atom stereocenters. The lowest BCUT2D eigenvalue weighted by atomic mass is 9.81. The van der Waals surface area contributed by atoms with Gasteiger partial charge in [-0.05, 0) is 44.0 Å². The Hall–Kier alpha value is -2.09. The van der Waals surface area contributed by atoms with E-state index in [1.54, 1.807) is 23.7 Å². The Kier molecular flexibility index (Phi) is 5.98. The third-order valence-corrected chi connectivity index (χ3v) is 6.05. The van der Waals surface area contributed by atoms with E-state index in [-0.39, 0.29) is 0 Å². The molecule has 2 atom stereocenters. The number of rotatable bonds is 5. The van der Waals surface area contributed by atoms with Crippen LogP contribution in [0.1, 0.15) is 34.9 Å². The van der Waals surface area contributed by atoms with Crippen LogP contribution in [0, 0.1) is 19.8 Å². The van der Waals surface area contributed by atoms with E-state index in [1.165, 1.54) is 0 Å². The summed E-state index contributed by atoms with van der Waals surface area (Å²) in [5.74, 6) is -3.83. The quantitative estimate of drug-likeness (QED) is 0.679. The maximum atomic E-state index is 11.8. The Morgan fingerprint density at radius 2 is 2.04 bits per heavy atom. The van der Waals surface area contributed by atoms with Gasteiger partial charge in [0.1, 0.15) is 0 Å². The maximum absolute atomic E-state index is 11.8. The first kappa shape index (κ1) is 20.6. The van der Waals surface area contributed by atoms with Gasteiger partial charge in [0, 0.05) is 12.5 Å². The Labute approximate surface area is 172 Å². The molecule has 0 fully saturated rings. The second-order valence-corrected chi connectivity index (χ2v) is 7.75. The van der Waals surface area contributed by atoms with Crippen LogP contribution in [-0.4, -0.2) is 45.0 Å². The third-order valence-electron chi connectivity index (χ3n) is 5.20. The third kappa shape index (κ3) is 3.74. The minimum Gasteiger partial charge on any atom is -0.481 e. The number of hydrogen-bond donors (Lipinski definition) is 3. The zero-order valence-corrected chi connectivity index (χ0v) is 17.0. The van der Waals surface area contributed by atoms with E-state index >= 15 is 0 Å².